The molecule has 78 valence electrons. The Morgan fingerprint density at radius 2 is 2.07 bits per heavy atom. The van der Waals surface area contributed by atoms with E-state index >= 15 is 0 Å². The Hall–Kier alpha value is -0.890. The van der Waals surface area contributed by atoms with Gasteiger partial charge < -0.3 is 5.11 Å². The Morgan fingerprint density at radius 3 is 2.64 bits per heavy atom. The average Bonchev–Trinajstić information content (AvgIpc) is 2.11. The lowest BCUT2D eigenvalue weighted by molar-refractivity contribution is -0.122. The quantitative estimate of drug-likeness (QED) is 0.748. The van der Waals surface area contributed by atoms with E-state index in [1.165, 1.54) is 0 Å². The van der Waals surface area contributed by atoms with Crippen LogP contribution in [0.25, 0.3) is 0 Å². The van der Waals surface area contributed by atoms with Gasteiger partial charge in [-0.15, -0.1) is 0 Å². The van der Waals surface area contributed by atoms with E-state index in [9.17, 15) is 4.79 Å². The molecule has 0 aliphatic heterocycles. The van der Waals surface area contributed by atoms with Crippen LogP contribution in [0.5, 0.6) is 0 Å². The van der Waals surface area contributed by atoms with Gasteiger partial charge in [0, 0.05) is 12.0 Å². The summed E-state index contributed by atoms with van der Waals surface area (Å²) in [4.78, 5) is 11.9. The minimum atomic E-state index is -0.397. The summed E-state index contributed by atoms with van der Waals surface area (Å²) in [5.74, 6) is 0.191. The van der Waals surface area contributed by atoms with E-state index in [0.29, 0.717) is 6.42 Å². The number of aliphatic hydroxyl groups is 1. The van der Waals surface area contributed by atoms with Crippen LogP contribution in [0.3, 0.4) is 0 Å². The van der Waals surface area contributed by atoms with E-state index in [1.54, 1.807) is 0 Å². The van der Waals surface area contributed by atoms with Crippen molar-refractivity contribution in [3.8, 4) is 0 Å². The van der Waals surface area contributed by atoms with Gasteiger partial charge in [-0.3, -0.25) is 4.79 Å². The zero-order valence-electron chi connectivity index (χ0n) is 9.13. The van der Waals surface area contributed by atoms with Crippen molar-refractivity contribution in [3.63, 3.8) is 0 Å². The summed E-state index contributed by atoms with van der Waals surface area (Å²) in [6.07, 6.45) is 5.34. The summed E-state index contributed by atoms with van der Waals surface area (Å²) < 4.78 is 0. The summed E-state index contributed by atoms with van der Waals surface area (Å²) in [5, 5.41) is 8.78. The van der Waals surface area contributed by atoms with Gasteiger partial charge in [-0.1, -0.05) is 17.7 Å². The zero-order valence-corrected chi connectivity index (χ0v) is 9.13. The fourth-order valence-corrected chi connectivity index (χ4v) is 2.10. The standard InChI is InChI=1S/C12H18O2/c1-9-7-10(2)11(14)12(3,8-9)5-4-6-13/h7-8,13H,4-6H2,1-3H3. The van der Waals surface area contributed by atoms with Gasteiger partial charge in [0.05, 0.1) is 0 Å². The molecule has 0 aromatic heterocycles. The molecule has 0 bridgehead atoms. The summed E-state index contributed by atoms with van der Waals surface area (Å²) in [5.41, 5.74) is 1.57. The molecule has 0 radical (unpaired) electrons. The molecule has 0 aromatic rings. The van der Waals surface area contributed by atoms with E-state index in [0.717, 1.165) is 17.6 Å². The van der Waals surface area contributed by atoms with E-state index in [4.69, 9.17) is 5.11 Å². The maximum atomic E-state index is 11.9. The molecule has 0 fully saturated rings. The summed E-state index contributed by atoms with van der Waals surface area (Å²) >= 11 is 0. The van der Waals surface area contributed by atoms with Crippen LogP contribution >= 0.6 is 0 Å². The highest BCUT2D eigenvalue weighted by Crippen LogP contribution is 2.34. The van der Waals surface area contributed by atoms with Crippen molar-refractivity contribution < 1.29 is 9.90 Å². The van der Waals surface area contributed by atoms with Crippen LogP contribution in [-0.4, -0.2) is 17.5 Å². The first-order valence-corrected chi connectivity index (χ1v) is 5.03. The molecule has 14 heavy (non-hydrogen) atoms. The molecular formula is C12H18O2. The highest BCUT2D eigenvalue weighted by Gasteiger charge is 2.33. The lowest BCUT2D eigenvalue weighted by Crippen LogP contribution is -2.29. The fraction of sp³-hybridized carbons (Fsp3) is 0.583. The zero-order chi connectivity index (χ0) is 10.8. The van der Waals surface area contributed by atoms with Gasteiger partial charge in [0.2, 0.25) is 0 Å². The molecule has 0 saturated carbocycles. The van der Waals surface area contributed by atoms with Gasteiger partial charge in [-0.25, -0.2) is 0 Å². The maximum Gasteiger partial charge on any atom is 0.168 e. The van der Waals surface area contributed by atoms with Crippen LogP contribution in [0, 0.1) is 5.41 Å². The molecule has 1 N–H and O–H groups in total. The van der Waals surface area contributed by atoms with Gasteiger partial charge in [0.1, 0.15) is 0 Å². The second-order valence-electron chi connectivity index (χ2n) is 4.29. The molecule has 1 aliphatic carbocycles. The molecule has 0 amide bonds. The van der Waals surface area contributed by atoms with Crippen molar-refractivity contribution in [2.24, 2.45) is 5.41 Å². The minimum Gasteiger partial charge on any atom is -0.396 e. The molecule has 1 atom stereocenters. The second-order valence-corrected chi connectivity index (χ2v) is 4.29. The molecule has 0 aromatic carbocycles. The van der Waals surface area contributed by atoms with Gasteiger partial charge in [-0.2, -0.15) is 0 Å². The third-order valence-electron chi connectivity index (χ3n) is 2.72. The highest BCUT2D eigenvalue weighted by atomic mass is 16.3. The van der Waals surface area contributed by atoms with Crippen molar-refractivity contribution in [2.45, 2.75) is 33.6 Å². The first kappa shape index (κ1) is 11.2. The number of allylic oxidation sites excluding steroid dienone is 4. The van der Waals surface area contributed by atoms with Gasteiger partial charge >= 0.3 is 0 Å². The maximum absolute atomic E-state index is 11.9. The number of carbonyl (C=O) groups is 1. The lowest BCUT2D eigenvalue weighted by atomic mass is 9.74. The Morgan fingerprint density at radius 1 is 1.43 bits per heavy atom. The van der Waals surface area contributed by atoms with Crippen molar-refractivity contribution in [2.75, 3.05) is 6.61 Å². The van der Waals surface area contributed by atoms with Crippen molar-refractivity contribution in [3.05, 3.63) is 23.3 Å². The number of hydrogen-bond acceptors (Lipinski definition) is 2. The number of carbonyl (C=O) groups excluding carboxylic acids is 1. The Labute approximate surface area is 85.3 Å². The topological polar surface area (TPSA) is 37.3 Å². The Bertz CT molecular complexity index is 299. The molecule has 0 spiro atoms. The molecule has 1 rings (SSSR count). The molecular weight excluding hydrogens is 176 g/mol. The minimum absolute atomic E-state index is 0.151. The second kappa shape index (κ2) is 4.09. The first-order valence-electron chi connectivity index (χ1n) is 5.03. The van der Waals surface area contributed by atoms with E-state index in [1.807, 2.05) is 32.9 Å². The van der Waals surface area contributed by atoms with Crippen LogP contribution in [-0.2, 0) is 4.79 Å². The van der Waals surface area contributed by atoms with Gasteiger partial charge in [0.25, 0.3) is 0 Å². The third kappa shape index (κ3) is 2.13. The molecule has 2 nitrogen and oxygen atoms in total. The molecule has 1 unspecified atom stereocenters. The summed E-state index contributed by atoms with van der Waals surface area (Å²) in [7, 11) is 0. The summed E-state index contributed by atoms with van der Waals surface area (Å²) in [6.45, 7) is 5.96. The lowest BCUT2D eigenvalue weighted by Gasteiger charge is -2.28. The van der Waals surface area contributed by atoms with Crippen LogP contribution in [0.4, 0.5) is 0 Å². The third-order valence-corrected chi connectivity index (χ3v) is 2.72. The van der Waals surface area contributed by atoms with Crippen molar-refractivity contribution in [1.29, 1.82) is 0 Å². The fourth-order valence-electron chi connectivity index (χ4n) is 2.10. The predicted octanol–water partition coefficient (Wildman–Crippen LogP) is 2.24. The molecule has 0 saturated heterocycles. The van der Waals surface area contributed by atoms with Crippen molar-refractivity contribution >= 4 is 5.78 Å². The van der Waals surface area contributed by atoms with E-state index in [2.05, 4.69) is 0 Å². The van der Waals surface area contributed by atoms with Crippen LogP contribution in [0.15, 0.2) is 23.3 Å². The SMILES string of the molecule is CC1=CC(C)(CCCO)C(=O)C(C)=C1. The van der Waals surface area contributed by atoms with Crippen LogP contribution in [0.1, 0.15) is 33.6 Å². The van der Waals surface area contributed by atoms with E-state index < -0.39 is 5.41 Å². The van der Waals surface area contributed by atoms with Gasteiger partial charge in [-0.05, 0) is 39.2 Å². The monoisotopic (exact) mass is 194 g/mol. The summed E-state index contributed by atoms with van der Waals surface area (Å²) in [6, 6.07) is 0. The predicted molar refractivity (Wildman–Crippen MR) is 56.9 cm³/mol. The average molecular weight is 194 g/mol. The largest absolute Gasteiger partial charge is 0.396 e. The van der Waals surface area contributed by atoms with E-state index in [-0.39, 0.29) is 12.4 Å². The van der Waals surface area contributed by atoms with Crippen molar-refractivity contribution in [1.82, 2.24) is 0 Å². The number of hydrogen-bond donors (Lipinski definition) is 1. The number of rotatable bonds is 3. The van der Waals surface area contributed by atoms with Crippen LogP contribution < -0.4 is 0 Å². The Balaban J connectivity index is 2.88. The normalized spacial score (nSPS) is 27.3. The van der Waals surface area contributed by atoms with Crippen LogP contribution in [0.2, 0.25) is 0 Å². The first-order chi connectivity index (χ1) is 6.49. The Kier molecular flexibility index (Phi) is 3.27. The van der Waals surface area contributed by atoms with Gasteiger partial charge in [0.15, 0.2) is 5.78 Å². The highest BCUT2D eigenvalue weighted by molar-refractivity contribution is 6.02. The molecule has 0 heterocycles. The number of Topliss-reactive ketones (excluding diaryl/α,β-unsaturated/α-hetero) is 1. The number of aliphatic hydroxyl groups excluding tert-OH is 1. The smallest absolute Gasteiger partial charge is 0.168 e. The number of ketones is 1. The molecule has 2 heteroatoms. The molecule has 1 aliphatic rings.